The van der Waals surface area contributed by atoms with Gasteiger partial charge in [0.25, 0.3) is 0 Å². The van der Waals surface area contributed by atoms with E-state index in [0.29, 0.717) is 10.6 Å². The van der Waals surface area contributed by atoms with Crippen LogP contribution in [0.1, 0.15) is 5.56 Å². The molecule has 0 aliphatic rings. The molecule has 0 radical (unpaired) electrons. The molecule has 0 heterocycles. The average molecular weight is 154 g/mol. The lowest BCUT2D eigenvalue weighted by atomic mass is 10.2. The molecule has 1 rings (SSSR count). The van der Waals surface area contributed by atoms with E-state index in [1.165, 1.54) is 0 Å². The van der Waals surface area contributed by atoms with E-state index in [9.17, 15) is 5.21 Å². The number of halogens is 1. The van der Waals surface area contributed by atoms with E-state index in [4.69, 9.17) is 11.6 Å². The highest BCUT2D eigenvalue weighted by molar-refractivity contribution is 6.30. The molecule has 3 heteroatoms. The van der Waals surface area contributed by atoms with E-state index in [2.05, 4.69) is 11.1 Å². The highest BCUT2D eigenvalue weighted by atomic mass is 35.5. The van der Waals surface area contributed by atoms with Crippen molar-refractivity contribution in [1.29, 1.82) is 0 Å². The quantitative estimate of drug-likeness (QED) is 0.527. The standard InChI is InChI=1S/C7H4ClNO/c8-7-3-1-6(2-4-7)5-9-10/h1-4H. The van der Waals surface area contributed by atoms with Gasteiger partial charge in [-0.15, -0.1) is 0 Å². The van der Waals surface area contributed by atoms with Gasteiger partial charge in [-0.3, -0.25) is 0 Å². The van der Waals surface area contributed by atoms with Gasteiger partial charge in [0.15, 0.2) is 0 Å². The highest BCUT2D eigenvalue weighted by Crippen LogP contribution is 2.08. The predicted molar refractivity (Wildman–Crippen MR) is 41.2 cm³/mol. The Morgan fingerprint density at radius 1 is 1.30 bits per heavy atom. The lowest BCUT2D eigenvalue weighted by Crippen LogP contribution is -1.69. The molecule has 0 saturated carbocycles. The smallest absolute Gasteiger partial charge is 0.336 e. The molecule has 0 aromatic heterocycles. The summed E-state index contributed by atoms with van der Waals surface area (Å²) in [5.74, 6) is 0. The molecule has 0 saturated heterocycles. The Bertz CT molecular complexity index is 270. The second-order valence-electron chi connectivity index (χ2n) is 1.71. The first-order chi connectivity index (χ1) is 4.83. The second kappa shape index (κ2) is 3.09. The molecule has 0 amide bonds. The summed E-state index contributed by atoms with van der Waals surface area (Å²) in [6.45, 7) is 0. The maximum absolute atomic E-state index is 9.67. The van der Waals surface area contributed by atoms with Crippen LogP contribution in [0.4, 0.5) is 0 Å². The summed E-state index contributed by atoms with van der Waals surface area (Å²) in [5.41, 5.74) is 0.638. The molecule has 1 aromatic carbocycles. The molecule has 2 nitrogen and oxygen atoms in total. The first-order valence-electron chi connectivity index (χ1n) is 2.67. The van der Waals surface area contributed by atoms with Crippen LogP contribution in [0.5, 0.6) is 0 Å². The van der Waals surface area contributed by atoms with E-state index in [1.54, 1.807) is 24.3 Å². The Labute approximate surface area is 63.5 Å². The summed E-state index contributed by atoms with van der Waals surface area (Å²) in [4.78, 5) is 0. The van der Waals surface area contributed by atoms with Crippen LogP contribution in [0.15, 0.2) is 24.3 Å². The maximum Gasteiger partial charge on any atom is 0.336 e. The lowest BCUT2D eigenvalue weighted by Gasteiger charge is -1.84. The Balaban J connectivity index is 2.97. The molecule has 1 aromatic rings. The number of hydrogen-bond donors (Lipinski definition) is 0. The minimum atomic E-state index is 0.636. The van der Waals surface area contributed by atoms with E-state index in [1.807, 2.05) is 0 Å². The van der Waals surface area contributed by atoms with Crippen molar-refractivity contribution in [2.24, 2.45) is 0 Å². The molecule has 10 heavy (non-hydrogen) atoms. The molecule has 0 aliphatic carbocycles. The monoisotopic (exact) mass is 153 g/mol. The number of hydrogen-bond acceptors (Lipinski definition) is 1. The van der Waals surface area contributed by atoms with Gasteiger partial charge >= 0.3 is 6.07 Å². The van der Waals surface area contributed by atoms with Crippen molar-refractivity contribution in [2.75, 3.05) is 0 Å². The zero-order valence-corrected chi connectivity index (χ0v) is 5.80. The molecule has 0 bridgehead atoms. The third-order valence-corrected chi connectivity index (χ3v) is 1.27. The molecule has 0 unspecified atom stereocenters. The van der Waals surface area contributed by atoms with E-state index < -0.39 is 0 Å². The Morgan fingerprint density at radius 2 is 1.90 bits per heavy atom. The van der Waals surface area contributed by atoms with Gasteiger partial charge in [0.1, 0.15) is 5.56 Å². The molecular formula is C7H4ClNO. The summed E-state index contributed by atoms with van der Waals surface area (Å²) in [6, 6.07) is 8.94. The summed E-state index contributed by atoms with van der Waals surface area (Å²) >= 11 is 5.58. The minimum Gasteiger partial charge on any atom is -0.498 e. The van der Waals surface area contributed by atoms with Crippen LogP contribution in [-0.2, 0) is 0 Å². The molecule has 0 spiro atoms. The van der Waals surface area contributed by atoms with Gasteiger partial charge in [-0.25, -0.2) is 0 Å². The summed E-state index contributed by atoms with van der Waals surface area (Å²) < 4.78 is 0. The van der Waals surface area contributed by atoms with E-state index in [0.717, 1.165) is 0 Å². The van der Waals surface area contributed by atoms with Gasteiger partial charge in [-0.2, -0.15) is 0 Å². The van der Waals surface area contributed by atoms with Crippen LogP contribution in [0, 0.1) is 11.3 Å². The zero-order chi connectivity index (χ0) is 7.40. The van der Waals surface area contributed by atoms with Crippen LogP contribution >= 0.6 is 11.6 Å². The van der Waals surface area contributed by atoms with Crippen LogP contribution in [-0.4, -0.2) is 0 Å². The topological polar surface area (TPSA) is 27.4 Å². The minimum absolute atomic E-state index is 0.636. The van der Waals surface area contributed by atoms with Crippen molar-refractivity contribution in [3.8, 4) is 6.07 Å². The van der Waals surface area contributed by atoms with Gasteiger partial charge < -0.3 is 5.21 Å². The van der Waals surface area contributed by atoms with Gasteiger partial charge in [0, 0.05) is 10.0 Å². The van der Waals surface area contributed by atoms with Crippen molar-refractivity contribution in [2.45, 2.75) is 0 Å². The number of nitrogens with zero attached hydrogens (tertiary/aromatic N) is 1. The third kappa shape index (κ3) is 1.64. The van der Waals surface area contributed by atoms with E-state index in [-0.39, 0.29) is 0 Å². The Kier molecular flexibility index (Phi) is 2.14. The SMILES string of the molecule is [O-][N+]#Cc1ccc(Cl)cc1. The van der Waals surface area contributed by atoms with Gasteiger partial charge in [-0.1, -0.05) is 11.6 Å². The predicted octanol–water partition coefficient (Wildman–Crippen LogP) is 2.52. The van der Waals surface area contributed by atoms with Gasteiger partial charge in [-0.05, 0) is 24.3 Å². The molecule has 0 N–H and O–H groups in total. The Hall–Kier alpha value is -1.20. The van der Waals surface area contributed by atoms with Crippen molar-refractivity contribution < 1.29 is 0 Å². The van der Waals surface area contributed by atoms with Crippen molar-refractivity contribution >= 4 is 11.6 Å². The van der Waals surface area contributed by atoms with Crippen LogP contribution < -0.4 is 0 Å². The fourth-order valence-corrected chi connectivity index (χ4v) is 0.703. The van der Waals surface area contributed by atoms with Crippen LogP contribution in [0.25, 0.3) is 5.01 Å². The van der Waals surface area contributed by atoms with Crippen molar-refractivity contribution in [3.05, 3.63) is 45.1 Å². The second-order valence-corrected chi connectivity index (χ2v) is 2.15. The summed E-state index contributed by atoms with van der Waals surface area (Å²) in [5, 5.41) is 12.8. The average Bonchev–Trinajstić information content (AvgIpc) is 1.95. The summed E-state index contributed by atoms with van der Waals surface area (Å²) in [7, 11) is 0. The van der Waals surface area contributed by atoms with E-state index >= 15 is 0 Å². The van der Waals surface area contributed by atoms with Crippen LogP contribution in [0.2, 0.25) is 5.02 Å². The number of benzene rings is 1. The van der Waals surface area contributed by atoms with Crippen molar-refractivity contribution in [1.82, 2.24) is 0 Å². The molecule has 0 fully saturated rings. The van der Waals surface area contributed by atoms with Crippen LogP contribution in [0.3, 0.4) is 0 Å². The summed E-state index contributed by atoms with van der Waals surface area (Å²) in [6.07, 6.45) is 0. The zero-order valence-electron chi connectivity index (χ0n) is 5.04. The molecular weight excluding hydrogens is 150 g/mol. The molecule has 0 atom stereocenters. The first-order valence-corrected chi connectivity index (χ1v) is 3.04. The molecule has 50 valence electrons. The number of rotatable bonds is 0. The van der Waals surface area contributed by atoms with Gasteiger partial charge in [0.05, 0.1) is 0 Å². The fourth-order valence-electron chi connectivity index (χ4n) is 0.577. The Morgan fingerprint density at radius 3 is 2.40 bits per heavy atom. The third-order valence-electron chi connectivity index (χ3n) is 1.02. The van der Waals surface area contributed by atoms with Crippen molar-refractivity contribution in [3.63, 3.8) is 0 Å². The maximum atomic E-state index is 9.67. The highest BCUT2D eigenvalue weighted by Gasteiger charge is 1.91. The normalized spacial score (nSPS) is 8.10. The lowest BCUT2D eigenvalue weighted by molar-refractivity contribution is 1.64. The fraction of sp³-hybridized carbons (Fsp3) is 0. The van der Waals surface area contributed by atoms with Gasteiger partial charge in [0.2, 0.25) is 0 Å². The molecule has 0 aliphatic heterocycles. The first kappa shape index (κ1) is 6.91. The largest absolute Gasteiger partial charge is 0.498 e.